The van der Waals surface area contributed by atoms with E-state index in [-0.39, 0.29) is 11.7 Å². The molecule has 6 nitrogen and oxygen atoms in total. The molecule has 0 radical (unpaired) electrons. The van der Waals surface area contributed by atoms with Gasteiger partial charge >= 0.3 is 0 Å². The number of para-hydroxylation sites is 1. The Bertz CT molecular complexity index is 846. The molecule has 0 aliphatic carbocycles. The standard InChI is InChI=1S/C21H24N2O4/c1-5-8-17-11-16(12-19(26-4)20(17)24)13-22-23-21(25)15(3)27-18-10-7-6-9-14(18)2/h5-7,9-13,15,24H,1,8H2,2-4H3,(H,23,25)/b22-13+/t15-/m0/s1. The lowest BCUT2D eigenvalue weighted by molar-refractivity contribution is -0.127. The number of hydrazone groups is 1. The molecule has 0 heterocycles. The van der Waals surface area contributed by atoms with Crippen molar-refractivity contribution in [1.82, 2.24) is 5.43 Å². The minimum Gasteiger partial charge on any atom is -0.504 e. The summed E-state index contributed by atoms with van der Waals surface area (Å²) in [4.78, 5) is 12.2. The monoisotopic (exact) mass is 368 g/mol. The van der Waals surface area contributed by atoms with E-state index in [1.807, 2.05) is 31.2 Å². The van der Waals surface area contributed by atoms with Crippen LogP contribution >= 0.6 is 0 Å². The molecule has 2 aromatic rings. The van der Waals surface area contributed by atoms with Crippen molar-refractivity contribution in [2.75, 3.05) is 7.11 Å². The maximum absolute atomic E-state index is 12.2. The van der Waals surface area contributed by atoms with Crippen molar-refractivity contribution >= 4 is 12.1 Å². The van der Waals surface area contributed by atoms with Gasteiger partial charge in [0.1, 0.15) is 5.75 Å². The minimum absolute atomic E-state index is 0.0684. The lowest BCUT2D eigenvalue weighted by Gasteiger charge is -2.14. The zero-order valence-electron chi connectivity index (χ0n) is 15.7. The number of hydrogen-bond acceptors (Lipinski definition) is 5. The molecule has 0 fully saturated rings. The molecule has 1 amide bonds. The SMILES string of the molecule is C=CCc1cc(/C=N/NC(=O)[C@H](C)Oc2ccccc2C)cc(OC)c1O. The van der Waals surface area contributed by atoms with Crippen LogP contribution in [0.5, 0.6) is 17.2 Å². The maximum atomic E-state index is 12.2. The summed E-state index contributed by atoms with van der Waals surface area (Å²) < 4.78 is 10.8. The van der Waals surface area contributed by atoms with Crippen molar-refractivity contribution in [1.29, 1.82) is 0 Å². The van der Waals surface area contributed by atoms with Gasteiger partial charge in [-0.05, 0) is 49.6 Å². The Morgan fingerprint density at radius 3 is 2.74 bits per heavy atom. The van der Waals surface area contributed by atoms with Crippen LogP contribution in [-0.2, 0) is 11.2 Å². The topological polar surface area (TPSA) is 80.2 Å². The van der Waals surface area contributed by atoms with Gasteiger partial charge in [0.15, 0.2) is 17.6 Å². The van der Waals surface area contributed by atoms with E-state index in [0.717, 1.165) is 5.56 Å². The molecule has 2 aromatic carbocycles. The van der Waals surface area contributed by atoms with E-state index in [9.17, 15) is 9.90 Å². The summed E-state index contributed by atoms with van der Waals surface area (Å²) in [6.07, 6.45) is 2.95. The van der Waals surface area contributed by atoms with Crippen molar-refractivity contribution in [2.45, 2.75) is 26.4 Å². The summed E-state index contributed by atoms with van der Waals surface area (Å²) in [5, 5.41) is 14.1. The van der Waals surface area contributed by atoms with Crippen LogP contribution in [0.15, 0.2) is 54.2 Å². The average molecular weight is 368 g/mol. The van der Waals surface area contributed by atoms with E-state index in [4.69, 9.17) is 9.47 Å². The van der Waals surface area contributed by atoms with E-state index in [0.29, 0.717) is 29.0 Å². The molecule has 1 atom stereocenters. The number of rotatable bonds is 8. The van der Waals surface area contributed by atoms with E-state index >= 15 is 0 Å². The Morgan fingerprint density at radius 2 is 2.07 bits per heavy atom. The van der Waals surface area contributed by atoms with Crippen molar-refractivity contribution in [3.63, 3.8) is 0 Å². The first kappa shape index (κ1) is 20.0. The molecule has 27 heavy (non-hydrogen) atoms. The molecule has 6 heteroatoms. The molecular weight excluding hydrogens is 344 g/mol. The summed E-state index contributed by atoms with van der Waals surface area (Å²) in [5.74, 6) is 0.685. The summed E-state index contributed by atoms with van der Waals surface area (Å²) in [5.41, 5.74) is 4.74. The quantitative estimate of drug-likeness (QED) is 0.425. The number of allylic oxidation sites excluding steroid dienone is 1. The van der Waals surface area contributed by atoms with Crippen molar-refractivity contribution < 1.29 is 19.4 Å². The van der Waals surface area contributed by atoms with Gasteiger partial charge in [-0.15, -0.1) is 6.58 Å². The number of carbonyl (C=O) groups is 1. The van der Waals surface area contributed by atoms with Crippen LogP contribution in [0.2, 0.25) is 0 Å². The van der Waals surface area contributed by atoms with Gasteiger partial charge in [0.25, 0.3) is 5.91 Å². The molecule has 0 unspecified atom stereocenters. The number of nitrogens with one attached hydrogen (secondary N) is 1. The number of benzene rings is 2. The Morgan fingerprint density at radius 1 is 1.33 bits per heavy atom. The van der Waals surface area contributed by atoms with Gasteiger partial charge < -0.3 is 14.6 Å². The van der Waals surface area contributed by atoms with Gasteiger partial charge in [0, 0.05) is 5.56 Å². The van der Waals surface area contributed by atoms with Gasteiger partial charge in [-0.3, -0.25) is 4.79 Å². The predicted octanol–water partition coefficient (Wildman–Crippen LogP) is 3.36. The number of phenols is 1. The third-order valence-electron chi connectivity index (χ3n) is 3.92. The second-order valence-corrected chi connectivity index (χ2v) is 5.98. The molecule has 0 saturated carbocycles. The number of phenolic OH excluding ortho intramolecular Hbond substituents is 1. The Hall–Kier alpha value is -3.28. The fourth-order valence-electron chi connectivity index (χ4n) is 2.42. The largest absolute Gasteiger partial charge is 0.504 e. The first-order chi connectivity index (χ1) is 13.0. The number of aryl methyl sites for hydroxylation is 1. The highest BCUT2D eigenvalue weighted by Gasteiger charge is 2.15. The van der Waals surface area contributed by atoms with Gasteiger partial charge in [0.05, 0.1) is 13.3 Å². The number of methoxy groups -OCH3 is 1. The summed E-state index contributed by atoms with van der Waals surface area (Å²) in [6.45, 7) is 7.24. The second kappa shape index (κ2) is 9.43. The lowest BCUT2D eigenvalue weighted by atomic mass is 10.1. The first-order valence-electron chi connectivity index (χ1n) is 8.52. The maximum Gasteiger partial charge on any atom is 0.280 e. The molecular formula is C21H24N2O4. The number of aromatic hydroxyl groups is 1. The van der Waals surface area contributed by atoms with Crippen LogP contribution in [0, 0.1) is 6.92 Å². The van der Waals surface area contributed by atoms with Gasteiger partial charge in [0.2, 0.25) is 0 Å². The third kappa shape index (κ3) is 5.34. The second-order valence-electron chi connectivity index (χ2n) is 5.98. The first-order valence-corrected chi connectivity index (χ1v) is 8.52. The summed E-state index contributed by atoms with van der Waals surface area (Å²) >= 11 is 0. The fraction of sp³-hybridized carbons (Fsp3) is 0.238. The molecule has 0 aliphatic heterocycles. The summed E-state index contributed by atoms with van der Waals surface area (Å²) in [7, 11) is 1.47. The molecule has 0 aromatic heterocycles. The van der Waals surface area contributed by atoms with Crippen LogP contribution in [-0.4, -0.2) is 30.4 Å². The lowest BCUT2D eigenvalue weighted by Crippen LogP contribution is -2.33. The smallest absolute Gasteiger partial charge is 0.280 e. The van der Waals surface area contributed by atoms with E-state index < -0.39 is 6.10 Å². The van der Waals surface area contributed by atoms with Gasteiger partial charge in [-0.2, -0.15) is 5.10 Å². The van der Waals surface area contributed by atoms with Crippen molar-refractivity contribution in [3.05, 3.63) is 65.7 Å². The molecule has 2 N–H and O–H groups in total. The zero-order chi connectivity index (χ0) is 19.8. The third-order valence-corrected chi connectivity index (χ3v) is 3.92. The van der Waals surface area contributed by atoms with Crippen LogP contribution in [0.1, 0.15) is 23.6 Å². The van der Waals surface area contributed by atoms with Crippen LogP contribution in [0.25, 0.3) is 0 Å². The molecule has 142 valence electrons. The number of nitrogens with zero attached hydrogens (tertiary/aromatic N) is 1. The highest BCUT2D eigenvalue weighted by molar-refractivity contribution is 5.85. The Balaban J connectivity index is 2.03. The molecule has 2 rings (SSSR count). The minimum atomic E-state index is -0.700. The highest BCUT2D eigenvalue weighted by Crippen LogP contribution is 2.31. The van der Waals surface area contributed by atoms with E-state index in [2.05, 4.69) is 17.1 Å². The van der Waals surface area contributed by atoms with Crippen LogP contribution in [0.3, 0.4) is 0 Å². The number of amides is 1. The van der Waals surface area contributed by atoms with Gasteiger partial charge in [-0.1, -0.05) is 24.3 Å². The van der Waals surface area contributed by atoms with Crippen molar-refractivity contribution in [3.8, 4) is 17.2 Å². The number of hydrogen-bond donors (Lipinski definition) is 2. The zero-order valence-corrected chi connectivity index (χ0v) is 15.7. The van der Waals surface area contributed by atoms with Gasteiger partial charge in [-0.25, -0.2) is 5.43 Å². The van der Waals surface area contributed by atoms with Crippen molar-refractivity contribution in [2.24, 2.45) is 5.10 Å². The predicted molar refractivity (Wildman–Crippen MR) is 106 cm³/mol. The number of ether oxygens (including phenoxy) is 2. The molecule has 0 saturated heterocycles. The van der Waals surface area contributed by atoms with E-state index in [1.54, 1.807) is 25.1 Å². The van der Waals surface area contributed by atoms with E-state index in [1.165, 1.54) is 13.3 Å². The molecule has 0 spiro atoms. The Kier molecular flexibility index (Phi) is 7.00. The molecule has 0 aliphatic rings. The fourth-order valence-corrected chi connectivity index (χ4v) is 2.42. The highest BCUT2D eigenvalue weighted by atomic mass is 16.5. The number of carbonyl (C=O) groups excluding carboxylic acids is 1. The normalized spacial score (nSPS) is 11.8. The molecule has 0 bridgehead atoms. The van der Waals surface area contributed by atoms with Crippen LogP contribution < -0.4 is 14.9 Å². The van der Waals surface area contributed by atoms with Crippen LogP contribution in [0.4, 0.5) is 0 Å². The Labute approximate surface area is 159 Å². The summed E-state index contributed by atoms with van der Waals surface area (Å²) in [6, 6.07) is 10.9. The average Bonchev–Trinajstić information content (AvgIpc) is 2.65.